The summed E-state index contributed by atoms with van der Waals surface area (Å²) in [5.41, 5.74) is 9.27. The Morgan fingerprint density at radius 3 is 2.06 bits per heavy atom. The minimum Gasteiger partial charge on any atom is -0.456 e. The van der Waals surface area contributed by atoms with E-state index in [9.17, 15) is 0 Å². The topological polar surface area (TPSA) is 62.4 Å². The average Bonchev–Trinajstić information content (AvgIpc) is 3.88. The van der Waals surface area contributed by atoms with E-state index in [1.165, 1.54) is 31.3 Å². The Morgan fingerprint density at radius 1 is 0.431 bits per heavy atom. The molecule has 3 aromatic heterocycles. The van der Waals surface area contributed by atoms with Crippen LogP contribution in [0.2, 0.25) is 0 Å². The van der Waals surface area contributed by atoms with Gasteiger partial charge in [0, 0.05) is 47.3 Å². The Morgan fingerprint density at radius 2 is 1.14 bits per heavy atom. The second-order valence-electron chi connectivity index (χ2n) is 13.4. The Balaban J connectivity index is 1.02. The third-order valence-electron chi connectivity index (χ3n) is 10.4. The zero-order chi connectivity index (χ0) is 33.5. The van der Waals surface area contributed by atoms with Gasteiger partial charge in [0.1, 0.15) is 22.3 Å². The van der Waals surface area contributed by atoms with Crippen LogP contribution in [0.4, 0.5) is 0 Å². The standard InChI is InChI=1S/C45H31N3O2S/c1-2-10-26(11-3-1)43-46-44(28-20-22-31-30-12-5-7-19-39(30)51-40(31)25-28)48-45(47-43)34-16-8-15-32-35-24-27(21-23-37(35)50-42(32)34)29-14-9-18-38-41(29)33-13-4-6-17-36(33)49-38/h1-25,43-48H. The van der Waals surface area contributed by atoms with Crippen molar-refractivity contribution in [2.45, 2.75) is 18.5 Å². The fraction of sp³-hybridized carbons (Fsp3) is 0.0667. The van der Waals surface area contributed by atoms with Crippen LogP contribution in [0, 0.1) is 0 Å². The van der Waals surface area contributed by atoms with Crippen LogP contribution in [0.1, 0.15) is 35.2 Å². The molecule has 0 amide bonds. The lowest BCUT2D eigenvalue weighted by atomic mass is 9.97. The fourth-order valence-electron chi connectivity index (χ4n) is 8.01. The first-order valence-electron chi connectivity index (χ1n) is 17.4. The van der Waals surface area contributed by atoms with Crippen LogP contribution in [0.5, 0.6) is 0 Å². The van der Waals surface area contributed by atoms with Crippen LogP contribution in [-0.2, 0) is 0 Å². The minimum atomic E-state index is -0.186. The van der Waals surface area contributed by atoms with Gasteiger partial charge in [0.05, 0.1) is 18.5 Å². The molecule has 0 radical (unpaired) electrons. The predicted octanol–water partition coefficient (Wildman–Crippen LogP) is 11.7. The molecule has 3 unspecified atom stereocenters. The molecule has 1 fully saturated rings. The van der Waals surface area contributed by atoms with Crippen LogP contribution >= 0.6 is 11.3 Å². The van der Waals surface area contributed by atoms with Crippen LogP contribution < -0.4 is 16.0 Å². The molecular formula is C45H31N3O2S. The van der Waals surface area contributed by atoms with Gasteiger partial charge in [-0.05, 0) is 58.7 Å². The third kappa shape index (κ3) is 4.65. The highest BCUT2D eigenvalue weighted by molar-refractivity contribution is 7.25. The van der Waals surface area contributed by atoms with Gasteiger partial charge in [0.15, 0.2) is 0 Å². The second kappa shape index (κ2) is 11.4. The maximum absolute atomic E-state index is 6.73. The smallest absolute Gasteiger partial charge is 0.141 e. The summed E-state index contributed by atoms with van der Waals surface area (Å²) in [4.78, 5) is 0. The number of benzene rings is 7. The number of hydrogen-bond donors (Lipinski definition) is 3. The number of hydrogen-bond acceptors (Lipinski definition) is 6. The van der Waals surface area contributed by atoms with E-state index in [2.05, 4.69) is 149 Å². The number of furan rings is 2. The van der Waals surface area contributed by atoms with Crippen molar-refractivity contribution in [3.63, 3.8) is 0 Å². The molecule has 7 aromatic carbocycles. The zero-order valence-electron chi connectivity index (χ0n) is 27.4. The van der Waals surface area contributed by atoms with Gasteiger partial charge in [-0.1, -0.05) is 115 Å². The highest BCUT2D eigenvalue weighted by Crippen LogP contribution is 2.41. The molecule has 3 N–H and O–H groups in total. The first-order valence-corrected chi connectivity index (χ1v) is 18.2. The predicted molar refractivity (Wildman–Crippen MR) is 210 cm³/mol. The van der Waals surface area contributed by atoms with Crippen molar-refractivity contribution in [3.05, 3.63) is 168 Å². The Bertz CT molecular complexity index is 2940. The van der Waals surface area contributed by atoms with Gasteiger partial charge in [-0.3, -0.25) is 16.0 Å². The molecule has 244 valence electrons. The Hall–Kier alpha value is -5.76. The molecule has 1 saturated heterocycles. The van der Waals surface area contributed by atoms with Gasteiger partial charge in [-0.25, -0.2) is 0 Å². The molecule has 4 heterocycles. The van der Waals surface area contributed by atoms with Crippen LogP contribution in [0.15, 0.2) is 160 Å². The molecule has 11 rings (SSSR count). The highest BCUT2D eigenvalue weighted by atomic mass is 32.1. The molecule has 3 atom stereocenters. The number of nitrogens with one attached hydrogen (secondary N) is 3. The summed E-state index contributed by atoms with van der Waals surface area (Å²) in [6.07, 6.45) is -0.376. The van der Waals surface area contributed by atoms with Crippen LogP contribution in [-0.4, -0.2) is 0 Å². The van der Waals surface area contributed by atoms with Gasteiger partial charge in [-0.15, -0.1) is 11.3 Å². The molecule has 0 aliphatic carbocycles. The Labute approximate surface area is 297 Å². The lowest BCUT2D eigenvalue weighted by molar-refractivity contribution is 0.203. The summed E-state index contributed by atoms with van der Waals surface area (Å²) < 4.78 is 15.5. The average molecular weight is 678 g/mol. The van der Waals surface area contributed by atoms with Crippen molar-refractivity contribution in [3.8, 4) is 11.1 Å². The lowest BCUT2D eigenvalue weighted by Crippen LogP contribution is -2.54. The molecule has 1 aliphatic rings. The maximum Gasteiger partial charge on any atom is 0.141 e. The van der Waals surface area contributed by atoms with Crippen LogP contribution in [0.3, 0.4) is 0 Å². The van der Waals surface area contributed by atoms with E-state index < -0.39 is 0 Å². The minimum absolute atomic E-state index is 0.0861. The second-order valence-corrected chi connectivity index (χ2v) is 14.5. The molecule has 6 heteroatoms. The monoisotopic (exact) mass is 677 g/mol. The van der Waals surface area contributed by atoms with Crippen molar-refractivity contribution < 1.29 is 8.83 Å². The number of thiophene rings is 1. The van der Waals surface area contributed by atoms with Crippen molar-refractivity contribution >= 4 is 75.4 Å². The van der Waals surface area contributed by atoms with Crippen molar-refractivity contribution in [2.75, 3.05) is 0 Å². The third-order valence-corrected chi connectivity index (χ3v) is 11.6. The number of fused-ring (bicyclic) bond motifs is 9. The summed E-state index contributed by atoms with van der Waals surface area (Å²) in [6.45, 7) is 0. The van der Waals surface area contributed by atoms with E-state index in [4.69, 9.17) is 8.83 Å². The van der Waals surface area contributed by atoms with Gasteiger partial charge in [0.25, 0.3) is 0 Å². The quantitative estimate of drug-likeness (QED) is 0.173. The van der Waals surface area contributed by atoms with Gasteiger partial charge in [0.2, 0.25) is 0 Å². The lowest BCUT2D eigenvalue weighted by Gasteiger charge is -2.39. The zero-order valence-corrected chi connectivity index (χ0v) is 28.2. The van der Waals surface area contributed by atoms with Crippen molar-refractivity contribution in [2.24, 2.45) is 0 Å². The molecule has 1 aliphatic heterocycles. The van der Waals surface area contributed by atoms with Gasteiger partial charge < -0.3 is 8.83 Å². The summed E-state index contributed by atoms with van der Waals surface area (Å²) in [6, 6.07) is 53.7. The fourth-order valence-corrected chi connectivity index (χ4v) is 9.16. The molecule has 5 nitrogen and oxygen atoms in total. The highest BCUT2D eigenvalue weighted by Gasteiger charge is 2.31. The molecule has 0 spiro atoms. The Kier molecular flexibility index (Phi) is 6.48. The van der Waals surface area contributed by atoms with Crippen LogP contribution in [0.25, 0.3) is 75.2 Å². The van der Waals surface area contributed by atoms with Crippen molar-refractivity contribution in [1.82, 2.24) is 16.0 Å². The van der Waals surface area contributed by atoms with E-state index in [1.54, 1.807) is 0 Å². The van der Waals surface area contributed by atoms with E-state index in [-0.39, 0.29) is 18.5 Å². The molecule has 0 bridgehead atoms. The summed E-state index contributed by atoms with van der Waals surface area (Å²) in [5, 5.41) is 18.7. The van der Waals surface area contributed by atoms with Crippen molar-refractivity contribution in [1.29, 1.82) is 0 Å². The maximum atomic E-state index is 6.73. The van der Waals surface area contributed by atoms with E-state index in [1.807, 2.05) is 29.5 Å². The summed E-state index contributed by atoms with van der Waals surface area (Å²) in [5.74, 6) is 0. The first-order chi connectivity index (χ1) is 25.2. The first kappa shape index (κ1) is 29.0. The normalized spacial score (nSPS) is 18.2. The van der Waals surface area contributed by atoms with E-state index >= 15 is 0 Å². The molecule has 0 saturated carbocycles. The number of rotatable bonds is 4. The molecular weight excluding hydrogens is 647 g/mol. The summed E-state index contributed by atoms with van der Waals surface area (Å²) >= 11 is 1.85. The largest absolute Gasteiger partial charge is 0.456 e. The number of para-hydroxylation sites is 2. The van der Waals surface area contributed by atoms with E-state index in [0.717, 1.165) is 60.6 Å². The SMILES string of the molecule is c1ccc(C2NC(c3ccc4c(c3)sc3ccccc34)NC(c3cccc4c3oc3ccc(-c5cccc6oc7ccccc7c56)cc34)N2)cc1. The molecule has 10 aromatic rings. The van der Waals surface area contributed by atoms with E-state index in [0.29, 0.717) is 0 Å². The molecule has 51 heavy (non-hydrogen) atoms. The summed E-state index contributed by atoms with van der Waals surface area (Å²) in [7, 11) is 0. The van der Waals surface area contributed by atoms with Gasteiger partial charge in [-0.2, -0.15) is 0 Å². The van der Waals surface area contributed by atoms with Gasteiger partial charge >= 0.3 is 0 Å².